The van der Waals surface area contributed by atoms with Crippen LogP contribution in [0, 0.1) is 11.3 Å². The van der Waals surface area contributed by atoms with E-state index in [0.29, 0.717) is 17.7 Å². The molecule has 3 rings (SSSR count). The molecule has 0 radical (unpaired) electrons. The molecule has 0 bridgehead atoms. The van der Waals surface area contributed by atoms with Gasteiger partial charge in [0.15, 0.2) is 0 Å². The Kier molecular flexibility index (Phi) is 4.94. The maximum absolute atomic E-state index is 10.7. The number of hydrogen-bond acceptors (Lipinski definition) is 3. The van der Waals surface area contributed by atoms with E-state index in [-0.39, 0.29) is 6.10 Å². The van der Waals surface area contributed by atoms with Crippen LogP contribution < -0.4 is 10.1 Å². The number of ether oxygens (including phenoxy) is 1. The van der Waals surface area contributed by atoms with Crippen molar-refractivity contribution in [2.45, 2.75) is 26.4 Å². The summed E-state index contributed by atoms with van der Waals surface area (Å²) in [5, 5.41) is 13.3. The van der Waals surface area contributed by atoms with E-state index in [1.165, 1.54) is 0 Å². The second kappa shape index (κ2) is 7.32. The Labute approximate surface area is 152 Å². The Balaban J connectivity index is 2.16. The van der Waals surface area contributed by atoms with Crippen LogP contribution in [-0.4, -0.2) is 17.1 Å². The van der Waals surface area contributed by atoms with E-state index in [1.54, 1.807) is 0 Å². The molecule has 0 aliphatic rings. The molecule has 0 spiro atoms. The highest BCUT2D eigenvalue weighted by Crippen LogP contribution is 2.35. The van der Waals surface area contributed by atoms with Gasteiger partial charge in [-0.1, -0.05) is 19.1 Å². The summed E-state index contributed by atoms with van der Waals surface area (Å²) < 4.78 is 7.92. The monoisotopic (exact) mass is 347 g/mol. The zero-order valence-electron chi connectivity index (χ0n) is 15.1. The van der Waals surface area contributed by atoms with Gasteiger partial charge in [0.2, 0.25) is 6.41 Å². The van der Waals surface area contributed by atoms with Crippen molar-refractivity contribution in [3.63, 3.8) is 0 Å². The molecule has 0 fully saturated rings. The van der Waals surface area contributed by atoms with Crippen LogP contribution in [-0.2, 0) is 11.8 Å². The Bertz CT molecular complexity index is 998. The number of anilines is 1. The number of nitrogens with one attached hydrogen (secondary N) is 1. The lowest BCUT2D eigenvalue weighted by Gasteiger charge is -2.12. The van der Waals surface area contributed by atoms with E-state index in [2.05, 4.69) is 18.3 Å². The molecule has 3 aromatic rings. The molecule has 5 heteroatoms. The summed E-state index contributed by atoms with van der Waals surface area (Å²) >= 11 is 0. The zero-order valence-corrected chi connectivity index (χ0v) is 15.1. The highest BCUT2D eigenvalue weighted by atomic mass is 16.5. The Morgan fingerprint density at radius 3 is 2.81 bits per heavy atom. The number of aromatic nitrogens is 1. The number of hydrogen-bond donors (Lipinski definition) is 1. The molecule has 1 unspecified atom stereocenters. The first-order valence-electron chi connectivity index (χ1n) is 8.58. The van der Waals surface area contributed by atoms with Gasteiger partial charge in [-0.25, -0.2) is 0 Å². The normalized spacial score (nSPS) is 11.8. The summed E-state index contributed by atoms with van der Waals surface area (Å²) in [7, 11) is 1.94. The maximum atomic E-state index is 10.7. The lowest BCUT2D eigenvalue weighted by molar-refractivity contribution is -0.105. The van der Waals surface area contributed by atoms with Gasteiger partial charge in [-0.05, 0) is 37.6 Å². The highest BCUT2D eigenvalue weighted by molar-refractivity contribution is 5.95. The second-order valence-corrected chi connectivity index (χ2v) is 6.25. The number of nitrogens with zero attached hydrogens (tertiary/aromatic N) is 2. The summed E-state index contributed by atoms with van der Waals surface area (Å²) in [6.07, 6.45) is 1.70. The average molecular weight is 347 g/mol. The average Bonchev–Trinajstić information content (AvgIpc) is 2.93. The number of carbonyl (C=O) groups excluding carboxylic acids is 1. The molecule has 0 aliphatic heterocycles. The van der Waals surface area contributed by atoms with Crippen LogP contribution in [0.2, 0.25) is 0 Å². The van der Waals surface area contributed by atoms with Crippen molar-refractivity contribution in [1.82, 2.24) is 4.57 Å². The number of nitriles is 1. The van der Waals surface area contributed by atoms with Crippen molar-refractivity contribution in [3.8, 4) is 23.1 Å². The van der Waals surface area contributed by atoms with Gasteiger partial charge in [0.05, 0.1) is 22.9 Å². The minimum Gasteiger partial charge on any atom is -0.491 e. The number of benzene rings is 2. The fourth-order valence-electron chi connectivity index (χ4n) is 3.08. The third kappa shape index (κ3) is 3.14. The smallest absolute Gasteiger partial charge is 0.211 e. The van der Waals surface area contributed by atoms with Gasteiger partial charge in [-0.3, -0.25) is 4.79 Å². The predicted octanol–water partition coefficient (Wildman–Crippen LogP) is 4.46. The van der Waals surface area contributed by atoms with E-state index in [1.807, 2.05) is 61.0 Å². The van der Waals surface area contributed by atoms with Crippen LogP contribution in [0.3, 0.4) is 0 Å². The topological polar surface area (TPSA) is 67.0 Å². The lowest BCUT2D eigenvalue weighted by atomic mass is 10.1. The molecule has 1 N–H and O–H groups in total. The maximum Gasteiger partial charge on any atom is 0.211 e. The van der Waals surface area contributed by atoms with E-state index >= 15 is 0 Å². The van der Waals surface area contributed by atoms with Crippen molar-refractivity contribution in [1.29, 1.82) is 5.26 Å². The van der Waals surface area contributed by atoms with Crippen molar-refractivity contribution < 1.29 is 9.53 Å². The number of fused-ring (bicyclic) bond motifs is 1. The highest BCUT2D eigenvalue weighted by Gasteiger charge is 2.18. The van der Waals surface area contributed by atoms with Crippen LogP contribution >= 0.6 is 0 Å². The quantitative estimate of drug-likeness (QED) is 0.669. The Morgan fingerprint density at radius 2 is 2.12 bits per heavy atom. The second-order valence-electron chi connectivity index (χ2n) is 6.25. The molecule has 0 saturated carbocycles. The molecule has 1 atom stereocenters. The zero-order chi connectivity index (χ0) is 18.7. The first-order chi connectivity index (χ1) is 12.6. The fraction of sp³-hybridized carbons (Fsp3) is 0.238. The van der Waals surface area contributed by atoms with E-state index < -0.39 is 0 Å². The van der Waals surface area contributed by atoms with Crippen LogP contribution in [0.25, 0.3) is 22.2 Å². The van der Waals surface area contributed by atoms with Crippen LogP contribution in [0.15, 0.2) is 42.5 Å². The van der Waals surface area contributed by atoms with Crippen molar-refractivity contribution in [3.05, 3.63) is 48.0 Å². The first-order valence-corrected chi connectivity index (χ1v) is 8.58. The molecular formula is C21H21N3O2. The van der Waals surface area contributed by atoms with Gasteiger partial charge in [0.25, 0.3) is 0 Å². The predicted molar refractivity (Wildman–Crippen MR) is 103 cm³/mol. The SMILES string of the molecule is CCC(C)Oc1ccc2c(C#N)c(-c3cccc(NC=O)c3)n(C)c2c1. The molecular weight excluding hydrogens is 326 g/mol. The molecule has 26 heavy (non-hydrogen) atoms. The fourth-order valence-corrected chi connectivity index (χ4v) is 3.08. The van der Waals surface area contributed by atoms with Gasteiger partial charge in [0, 0.05) is 29.8 Å². The molecule has 2 aromatic carbocycles. The number of rotatable bonds is 6. The third-order valence-electron chi connectivity index (χ3n) is 4.56. The molecule has 1 amide bonds. The summed E-state index contributed by atoms with van der Waals surface area (Å²) in [5.74, 6) is 0.792. The van der Waals surface area contributed by atoms with E-state index in [0.717, 1.165) is 34.3 Å². The van der Waals surface area contributed by atoms with Gasteiger partial charge in [-0.15, -0.1) is 0 Å². The third-order valence-corrected chi connectivity index (χ3v) is 4.56. The minimum atomic E-state index is 0.133. The first kappa shape index (κ1) is 17.6. The molecule has 132 valence electrons. The van der Waals surface area contributed by atoms with Crippen molar-refractivity contribution in [2.24, 2.45) is 7.05 Å². The number of amides is 1. The largest absolute Gasteiger partial charge is 0.491 e. The molecule has 1 heterocycles. The van der Waals surface area contributed by atoms with Crippen molar-refractivity contribution in [2.75, 3.05) is 5.32 Å². The number of aryl methyl sites for hydroxylation is 1. The van der Waals surface area contributed by atoms with Gasteiger partial charge in [0.1, 0.15) is 11.8 Å². The Morgan fingerprint density at radius 1 is 1.31 bits per heavy atom. The lowest BCUT2D eigenvalue weighted by Crippen LogP contribution is -2.09. The summed E-state index contributed by atoms with van der Waals surface area (Å²) in [4.78, 5) is 10.7. The van der Waals surface area contributed by atoms with Crippen LogP contribution in [0.5, 0.6) is 5.75 Å². The summed E-state index contributed by atoms with van der Waals surface area (Å²) in [6, 6.07) is 15.6. The molecule has 1 aromatic heterocycles. The summed E-state index contributed by atoms with van der Waals surface area (Å²) in [5.41, 5.74) is 3.92. The summed E-state index contributed by atoms with van der Waals surface area (Å²) in [6.45, 7) is 4.12. The van der Waals surface area contributed by atoms with E-state index in [4.69, 9.17) is 4.74 Å². The standard InChI is InChI=1S/C21H21N3O2/c1-4-14(2)26-17-8-9-18-19(12-22)21(24(3)20(18)11-17)15-6-5-7-16(10-15)23-13-25/h5-11,13-14H,4H2,1-3H3,(H,23,25). The minimum absolute atomic E-state index is 0.133. The number of carbonyl (C=O) groups is 1. The Hall–Kier alpha value is -3.26. The van der Waals surface area contributed by atoms with Gasteiger partial charge in [-0.2, -0.15) is 5.26 Å². The van der Waals surface area contributed by atoms with Crippen molar-refractivity contribution >= 4 is 23.0 Å². The molecule has 5 nitrogen and oxygen atoms in total. The molecule has 0 saturated heterocycles. The van der Waals surface area contributed by atoms with Crippen LogP contribution in [0.1, 0.15) is 25.8 Å². The van der Waals surface area contributed by atoms with Gasteiger partial charge >= 0.3 is 0 Å². The van der Waals surface area contributed by atoms with Gasteiger partial charge < -0.3 is 14.6 Å². The van der Waals surface area contributed by atoms with E-state index in [9.17, 15) is 10.1 Å². The van der Waals surface area contributed by atoms with Crippen LogP contribution in [0.4, 0.5) is 5.69 Å². The molecule has 0 aliphatic carbocycles.